The number of rotatable bonds is 17. The lowest BCUT2D eigenvalue weighted by molar-refractivity contribution is -0.147. The molecule has 2 rings (SSSR count). The van der Waals surface area contributed by atoms with E-state index in [1.54, 1.807) is 7.11 Å². The van der Waals surface area contributed by atoms with Gasteiger partial charge >= 0.3 is 5.97 Å². The standard InChI is InChI=1S/C26H34Cl2N2O7.ClH.H2/c1-29-10-6-7-11-36-24-20(27)17-19(23(31)22(24)28)25(32)30-21(16-18-8-4-3-5-9-18)26(33)37-15-14-35-13-12-34-2;;/h3-5,8-9,17,21,29,31H,6-7,10-16H2,1-2H3,(H,30,32);2*1H/t21-;;/m0../s1. The van der Waals surface area contributed by atoms with Crippen LogP contribution in [0, 0.1) is 0 Å². The number of halogens is 3. The zero-order chi connectivity index (χ0) is 27.0. The first-order valence-electron chi connectivity index (χ1n) is 12.0. The number of carbonyl (C=O) groups is 2. The Kier molecular flexibility index (Phi) is 16.8. The second-order valence-electron chi connectivity index (χ2n) is 8.05. The summed E-state index contributed by atoms with van der Waals surface area (Å²) < 4.78 is 21.1. The maximum Gasteiger partial charge on any atom is 0.329 e. The zero-order valence-corrected chi connectivity index (χ0v) is 23.8. The van der Waals surface area contributed by atoms with E-state index in [-0.39, 0.29) is 54.8 Å². The number of aromatic hydroxyl groups is 1. The van der Waals surface area contributed by atoms with Gasteiger partial charge in [-0.3, -0.25) is 4.79 Å². The molecule has 38 heavy (non-hydrogen) atoms. The summed E-state index contributed by atoms with van der Waals surface area (Å²) in [6.07, 6.45) is 1.81. The van der Waals surface area contributed by atoms with Gasteiger partial charge in [0, 0.05) is 15.0 Å². The third-order valence-corrected chi connectivity index (χ3v) is 5.87. The summed E-state index contributed by atoms with van der Waals surface area (Å²) in [4.78, 5) is 25.9. The van der Waals surface area contributed by atoms with Crippen LogP contribution in [0.4, 0.5) is 0 Å². The molecule has 0 heterocycles. The molecule has 1 amide bonds. The number of carbonyl (C=O) groups excluding carboxylic acids is 2. The molecule has 214 valence electrons. The van der Waals surface area contributed by atoms with Gasteiger partial charge in [0.1, 0.15) is 17.7 Å². The summed E-state index contributed by atoms with van der Waals surface area (Å²) in [5, 5.41) is 16.2. The Balaban J connectivity index is 0.00000722. The number of phenols is 1. The number of hydrogen-bond donors (Lipinski definition) is 3. The second kappa shape index (κ2) is 18.9. The van der Waals surface area contributed by atoms with Crippen LogP contribution in [0.1, 0.15) is 30.2 Å². The van der Waals surface area contributed by atoms with E-state index in [4.69, 9.17) is 42.1 Å². The fourth-order valence-electron chi connectivity index (χ4n) is 3.30. The lowest BCUT2D eigenvalue weighted by Gasteiger charge is -2.19. The zero-order valence-electron chi connectivity index (χ0n) is 21.5. The van der Waals surface area contributed by atoms with Crippen molar-refractivity contribution in [1.82, 2.24) is 10.6 Å². The van der Waals surface area contributed by atoms with Gasteiger partial charge in [0.25, 0.3) is 5.91 Å². The van der Waals surface area contributed by atoms with Crippen molar-refractivity contribution in [1.29, 1.82) is 0 Å². The molecule has 12 heteroatoms. The maximum absolute atomic E-state index is 13.1. The van der Waals surface area contributed by atoms with Crippen molar-refractivity contribution in [2.24, 2.45) is 0 Å². The predicted octanol–water partition coefficient (Wildman–Crippen LogP) is 4.29. The molecule has 3 N–H and O–H groups in total. The third-order valence-electron chi connectivity index (χ3n) is 5.24. The van der Waals surface area contributed by atoms with Crippen molar-refractivity contribution in [2.75, 3.05) is 53.7 Å². The average Bonchev–Trinajstić information content (AvgIpc) is 2.89. The molecule has 1 atom stereocenters. The van der Waals surface area contributed by atoms with E-state index in [9.17, 15) is 14.7 Å². The highest BCUT2D eigenvalue weighted by Gasteiger charge is 2.27. The number of hydrogen-bond acceptors (Lipinski definition) is 8. The van der Waals surface area contributed by atoms with Gasteiger partial charge < -0.3 is 34.7 Å². The van der Waals surface area contributed by atoms with Gasteiger partial charge in [-0.05, 0) is 38.1 Å². The van der Waals surface area contributed by atoms with Gasteiger partial charge in [0.05, 0.1) is 37.0 Å². The monoisotopic (exact) mass is 594 g/mol. The largest absolute Gasteiger partial charge is 0.505 e. The number of ether oxygens (including phenoxy) is 4. The minimum atomic E-state index is -1.03. The van der Waals surface area contributed by atoms with Gasteiger partial charge in [-0.2, -0.15) is 0 Å². The topological polar surface area (TPSA) is 115 Å². The molecule has 0 fully saturated rings. The summed E-state index contributed by atoms with van der Waals surface area (Å²) >= 11 is 12.6. The van der Waals surface area contributed by atoms with Crippen LogP contribution in [0.25, 0.3) is 0 Å². The van der Waals surface area contributed by atoms with Crippen molar-refractivity contribution in [3.8, 4) is 11.5 Å². The van der Waals surface area contributed by atoms with Crippen molar-refractivity contribution >= 4 is 47.5 Å². The van der Waals surface area contributed by atoms with Crippen molar-refractivity contribution in [3.63, 3.8) is 0 Å². The van der Waals surface area contributed by atoms with Gasteiger partial charge in [0.2, 0.25) is 0 Å². The van der Waals surface area contributed by atoms with Gasteiger partial charge in [-0.15, -0.1) is 12.4 Å². The molecule has 0 aliphatic heterocycles. The Morgan fingerprint density at radius 2 is 1.76 bits per heavy atom. The lowest BCUT2D eigenvalue weighted by atomic mass is 10.1. The summed E-state index contributed by atoms with van der Waals surface area (Å²) in [6, 6.07) is 9.38. The first-order chi connectivity index (χ1) is 17.9. The van der Waals surface area contributed by atoms with E-state index in [0.717, 1.165) is 24.9 Å². The number of benzene rings is 2. The smallest absolute Gasteiger partial charge is 0.329 e. The summed E-state index contributed by atoms with van der Waals surface area (Å²) in [5.74, 6) is -1.79. The van der Waals surface area contributed by atoms with Gasteiger partial charge in [-0.1, -0.05) is 53.5 Å². The van der Waals surface area contributed by atoms with Crippen LogP contribution in [0.2, 0.25) is 10.0 Å². The van der Waals surface area contributed by atoms with E-state index >= 15 is 0 Å². The SMILES string of the molecule is CNCCCCOc1c(Cl)cc(C(=O)N[C@@H](Cc2ccccc2)C(=O)OCCOCCOC)c(O)c1Cl.Cl.[HH]. The van der Waals surface area contributed by atoms with E-state index in [2.05, 4.69) is 10.6 Å². The summed E-state index contributed by atoms with van der Waals surface area (Å²) in [5.41, 5.74) is 0.620. The van der Waals surface area contributed by atoms with Crippen LogP contribution in [-0.4, -0.2) is 76.8 Å². The lowest BCUT2D eigenvalue weighted by Crippen LogP contribution is -2.43. The Morgan fingerprint density at radius 3 is 2.45 bits per heavy atom. The number of phenolic OH excluding ortho intramolecular Hbond substituents is 1. The molecule has 2 aromatic carbocycles. The number of amides is 1. The molecule has 0 radical (unpaired) electrons. The molecule has 0 saturated heterocycles. The van der Waals surface area contributed by atoms with Crippen LogP contribution < -0.4 is 15.4 Å². The van der Waals surface area contributed by atoms with Crippen molar-refractivity contribution in [3.05, 3.63) is 57.6 Å². The third kappa shape index (κ3) is 11.2. The normalized spacial score (nSPS) is 11.4. The van der Waals surface area contributed by atoms with Crippen LogP contribution in [0.15, 0.2) is 36.4 Å². The minimum Gasteiger partial charge on any atom is -0.505 e. The molecule has 0 aliphatic carbocycles. The fourth-order valence-corrected chi connectivity index (χ4v) is 3.86. The molecule has 0 aliphatic rings. The fraction of sp³-hybridized carbons (Fsp3) is 0.462. The minimum absolute atomic E-state index is 0. The molecular weight excluding hydrogens is 559 g/mol. The molecule has 0 bridgehead atoms. The Hall–Kier alpha value is -2.27. The molecule has 0 saturated carbocycles. The van der Waals surface area contributed by atoms with Crippen molar-refractivity contribution in [2.45, 2.75) is 25.3 Å². The summed E-state index contributed by atoms with van der Waals surface area (Å²) in [6.45, 7) is 2.16. The number of nitrogens with one attached hydrogen (secondary N) is 2. The van der Waals surface area contributed by atoms with Crippen LogP contribution in [0.3, 0.4) is 0 Å². The highest BCUT2D eigenvalue weighted by molar-refractivity contribution is 6.39. The Labute approximate surface area is 241 Å². The number of unbranched alkanes of at least 4 members (excludes halogenated alkanes) is 1. The highest BCUT2D eigenvalue weighted by atomic mass is 35.5. The summed E-state index contributed by atoms with van der Waals surface area (Å²) in [7, 11) is 3.42. The van der Waals surface area contributed by atoms with E-state index in [0.29, 0.717) is 19.8 Å². The first-order valence-corrected chi connectivity index (χ1v) is 12.7. The van der Waals surface area contributed by atoms with Gasteiger partial charge in [-0.25, -0.2) is 4.79 Å². The molecule has 0 spiro atoms. The van der Waals surface area contributed by atoms with Gasteiger partial charge in [0.15, 0.2) is 11.5 Å². The average molecular weight is 596 g/mol. The van der Waals surface area contributed by atoms with Crippen molar-refractivity contribution < 1.29 is 35.1 Å². The van der Waals surface area contributed by atoms with Crippen LogP contribution >= 0.6 is 35.6 Å². The Bertz CT molecular complexity index is 1000. The number of esters is 1. The second-order valence-corrected chi connectivity index (χ2v) is 8.83. The van der Waals surface area contributed by atoms with Crippen LogP contribution in [0.5, 0.6) is 11.5 Å². The molecule has 0 aromatic heterocycles. The molecule has 0 unspecified atom stereocenters. The van der Waals surface area contributed by atoms with Crippen LogP contribution in [-0.2, 0) is 25.4 Å². The van der Waals surface area contributed by atoms with E-state index < -0.39 is 23.7 Å². The maximum atomic E-state index is 13.1. The predicted molar refractivity (Wildman–Crippen MR) is 151 cm³/mol. The molecule has 9 nitrogen and oxygen atoms in total. The Morgan fingerprint density at radius 1 is 1.05 bits per heavy atom. The molecule has 2 aromatic rings. The quantitative estimate of drug-likeness (QED) is 0.183. The van der Waals surface area contributed by atoms with E-state index in [1.165, 1.54) is 6.07 Å². The molecular formula is C26H37Cl3N2O7. The first kappa shape index (κ1) is 33.8. The van der Waals surface area contributed by atoms with E-state index in [1.807, 2.05) is 37.4 Å². The highest BCUT2D eigenvalue weighted by Crippen LogP contribution is 2.42. The number of methoxy groups -OCH3 is 1.